The van der Waals surface area contributed by atoms with Crippen molar-refractivity contribution in [1.29, 1.82) is 0 Å². The Bertz CT molecular complexity index is 467. The van der Waals surface area contributed by atoms with E-state index in [4.69, 9.17) is 4.52 Å². The van der Waals surface area contributed by atoms with Crippen LogP contribution in [0.1, 0.15) is 68.0 Å². The topological polar surface area (TPSA) is 71.3 Å². The lowest BCUT2D eigenvalue weighted by molar-refractivity contribution is 0.0592. The van der Waals surface area contributed by atoms with Crippen LogP contribution < -0.4 is 5.32 Å². The van der Waals surface area contributed by atoms with Gasteiger partial charge in [0.2, 0.25) is 5.89 Å². The minimum absolute atomic E-state index is 0.0791. The van der Waals surface area contributed by atoms with Crippen LogP contribution in [0, 0.1) is 0 Å². The van der Waals surface area contributed by atoms with E-state index in [2.05, 4.69) is 22.4 Å². The van der Waals surface area contributed by atoms with E-state index >= 15 is 0 Å². The van der Waals surface area contributed by atoms with Gasteiger partial charge in [0, 0.05) is 12.6 Å². The Morgan fingerprint density at radius 2 is 2.30 bits per heavy atom. The third kappa shape index (κ3) is 2.57. The third-order valence-electron chi connectivity index (χ3n) is 4.35. The van der Waals surface area contributed by atoms with Gasteiger partial charge in [-0.3, -0.25) is 4.79 Å². The summed E-state index contributed by atoms with van der Waals surface area (Å²) in [6.07, 6.45) is 6.44. The molecule has 2 fully saturated rings. The van der Waals surface area contributed by atoms with E-state index < -0.39 is 0 Å². The van der Waals surface area contributed by atoms with Crippen LogP contribution in [0.25, 0.3) is 0 Å². The summed E-state index contributed by atoms with van der Waals surface area (Å²) in [5, 5.41) is 7.19. The summed E-state index contributed by atoms with van der Waals surface area (Å²) in [6, 6.07) is 0.440. The number of carbonyl (C=O) groups excluding carboxylic acids is 1. The fourth-order valence-corrected chi connectivity index (χ4v) is 3.18. The SMILES string of the molecule is CCC1CCCCN1C(=O)c1noc(C2CCCN2)n1. The van der Waals surface area contributed by atoms with E-state index in [1.807, 2.05) is 4.90 Å². The maximum Gasteiger partial charge on any atom is 0.295 e. The Morgan fingerprint density at radius 1 is 1.40 bits per heavy atom. The zero-order chi connectivity index (χ0) is 13.9. The molecule has 6 nitrogen and oxygen atoms in total. The highest BCUT2D eigenvalue weighted by Gasteiger charge is 2.30. The summed E-state index contributed by atoms with van der Waals surface area (Å²) in [7, 11) is 0. The molecule has 2 saturated heterocycles. The first kappa shape index (κ1) is 13.5. The second kappa shape index (κ2) is 5.91. The smallest absolute Gasteiger partial charge is 0.295 e. The van der Waals surface area contributed by atoms with Gasteiger partial charge in [-0.15, -0.1) is 0 Å². The standard InChI is InChI=1S/C14H22N4O2/c1-2-10-6-3-4-9-18(10)14(19)12-16-13(20-17-12)11-7-5-8-15-11/h10-11,15H,2-9H2,1H3. The van der Waals surface area contributed by atoms with Crippen LogP contribution in [0.2, 0.25) is 0 Å². The number of aromatic nitrogens is 2. The molecule has 2 aliphatic heterocycles. The molecule has 6 heteroatoms. The minimum atomic E-state index is -0.0791. The summed E-state index contributed by atoms with van der Waals surface area (Å²) in [5.74, 6) is 0.689. The monoisotopic (exact) mass is 278 g/mol. The Balaban J connectivity index is 1.72. The van der Waals surface area contributed by atoms with Crippen LogP contribution in [-0.2, 0) is 0 Å². The van der Waals surface area contributed by atoms with Gasteiger partial charge in [0.1, 0.15) is 0 Å². The van der Waals surface area contributed by atoms with E-state index in [1.165, 1.54) is 6.42 Å². The van der Waals surface area contributed by atoms with Crippen molar-refractivity contribution in [3.63, 3.8) is 0 Å². The van der Waals surface area contributed by atoms with Gasteiger partial charge in [-0.1, -0.05) is 12.1 Å². The van der Waals surface area contributed by atoms with E-state index in [0.29, 0.717) is 11.9 Å². The average Bonchev–Trinajstić information content (AvgIpc) is 3.16. The zero-order valence-corrected chi connectivity index (χ0v) is 12.0. The quantitative estimate of drug-likeness (QED) is 0.914. The molecule has 3 heterocycles. The van der Waals surface area contributed by atoms with Gasteiger partial charge < -0.3 is 14.7 Å². The van der Waals surface area contributed by atoms with Crippen LogP contribution >= 0.6 is 0 Å². The van der Waals surface area contributed by atoms with E-state index in [-0.39, 0.29) is 17.8 Å². The maximum absolute atomic E-state index is 12.5. The molecule has 2 unspecified atom stereocenters. The molecule has 2 atom stereocenters. The molecule has 1 aromatic rings. The molecule has 1 aromatic heterocycles. The highest BCUT2D eigenvalue weighted by Crippen LogP contribution is 2.23. The van der Waals surface area contributed by atoms with Crippen LogP contribution in [-0.4, -0.2) is 40.1 Å². The highest BCUT2D eigenvalue weighted by atomic mass is 16.5. The Morgan fingerprint density at radius 3 is 3.05 bits per heavy atom. The lowest BCUT2D eigenvalue weighted by Gasteiger charge is -2.34. The molecule has 0 aromatic carbocycles. The number of hydrogen-bond donors (Lipinski definition) is 1. The summed E-state index contributed by atoms with van der Waals surface area (Å²) in [5.41, 5.74) is 0. The number of piperidine rings is 1. The molecule has 3 rings (SSSR count). The third-order valence-corrected chi connectivity index (χ3v) is 4.35. The van der Waals surface area contributed by atoms with Crippen LogP contribution in [0.5, 0.6) is 0 Å². The molecule has 0 spiro atoms. The number of carbonyl (C=O) groups is 1. The normalized spacial score (nSPS) is 26.9. The molecule has 0 aliphatic carbocycles. The molecular weight excluding hydrogens is 256 g/mol. The molecule has 110 valence electrons. The predicted molar refractivity (Wildman–Crippen MR) is 73.2 cm³/mol. The van der Waals surface area contributed by atoms with Crippen molar-refractivity contribution in [2.75, 3.05) is 13.1 Å². The van der Waals surface area contributed by atoms with E-state index in [9.17, 15) is 4.79 Å². The molecule has 0 saturated carbocycles. The first-order chi connectivity index (χ1) is 9.79. The van der Waals surface area contributed by atoms with Crippen molar-refractivity contribution in [3.8, 4) is 0 Å². The largest absolute Gasteiger partial charge is 0.337 e. The van der Waals surface area contributed by atoms with E-state index in [0.717, 1.165) is 45.2 Å². The van der Waals surface area contributed by atoms with Crippen LogP contribution in [0.3, 0.4) is 0 Å². The lowest BCUT2D eigenvalue weighted by Crippen LogP contribution is -2.43. The van der Waals surface area contributed by atoms with Crippen molar-refractivity contribution < 1.29 is 9.32 Å². The highest BCUT2D eigenvalue weighted by molar-refractivity contribution is 5.90. The molecule has 0 bridgehead atoms. The zero-order valence-electron chi connectivity index (χ0n) is 12.0. The van der Waals surface area contributed by atoms with E-state index in [1.54, 1.807) is 0 Å². The van der Waals surface area contributed by atoms with Crippen molar-refractivity contribution in [1.82, 2.24) is 20.4 Å². The Labute approximate surface area is 118 Å². The minimum Gasteiger partial charge on any atom is -0.337 e. The number of rotatable bonds is 3. The maximum atomic E-state index is 12.5. The number of hydrogen-bond acceptors (Lipinski definition) is 5. The van der Waals surface area contributed by atoms with Crippen molar-refractivity contribution in [3.05, 3.63) is 11.7 Å². The summed E-state index contributed by atoms with van der Waals surface area (Å²) >= 11 is 0. The molecule has 1 N–H and O–H groups in total. The number of likely N-dealkylation sites (tertiary alicyclic amines) is 1. The fraction of sp³-hybridized carbons (Fsp3) is 0.786. The second-order valence-corrected chi connectivity index (χ2v) is 5.66. The average molecular weight is 278 g/mol. The lowest BCUT2D eigenvalue weighted by atomic mass is 10.00. The molecule has 20 heavy (non-hydrogen) atoms. The van der Waals surface area contributed by atoms with Crippen LogP contribution in [0.4, 0.5) is 0 Å². The summed E-state index contributed by atoms with van der Waals surface area (Å²) in [6.45, 7) is 3.91. The molecule has 2 aliphatic rings. The predicted octanol–water partition coefficient (Wildman–Crippen LogP) is 1.90. The number of nitrogens with one attached hydrogen (secondary N) is 1. The Hall–Kier alpha value is -1.43. The molecular formula is C14H22N4O2. The van der Waals surface area contributed by atoms with Crippen molar-refractivity contribution in [2.45, 2.75) is 57.5 Å². The Kier molecular flexibility index (Phi) is 4.00. The van der Waals surface area contributed by atoms with Gasteiger partial charge in [0.15, 0.2) is 0 Å². The number of nitrogens with zero attached hydrogens (tertiary/aromatic N) is 3. The van der Waals surface area contributed by atoms with Gasteiger partial charge in [-0.05, 0) is 45.1 Å². The molecule has 0 radical (unpaired) electrons. The second-order valence-electron chi connectivity index (χ2n) is 5.66. The number of amides is 1. The van der Waals surface area contributed by atoms with Gasteiger partial charge in [-0.2, -0.15) is 4.98 Å². The van der Waals surface area contributed by atoms with Gasteiger partial charge in [0.05, 0.1) is 6.04 Å². The molecule has 1 amide bonds. The van der Waals surface area contributed by atoms with Crippen molar-refractivity contribution >= 4 is 5.91 Å². The van der Waals surface area contributed by atoms with Gasteiger partial charge >= 0.3 is 0 Å². The fourth-order valence-electron chi connectivity index (χ4n) is 3.18. The van der Waals surface area contributed by atoms with Crippen molar-refractivity contribution in [2.24, 2.45) is 0 Å². The van der Waals surface area contributed by atoms with Crippen LogP contribution in [0.15, 0.2) is 4.52 Å². The van der Waals surface area contributed by atoms with Gasteiger partial charge in [-0.25, -0.2) is 0 Å². The van der Waals surface area contributed by atoms with Gasteiger partial charge in [0.25, 0.3) is 11.7 Å². The summed E-state index contributed by atoms with van der Waals surface area (Å²) in [4.78, 5) is 18.7. The first-order valence-electron chi connectivity index (χ1n) is 7.67. The first-order valence-corrected chi connectivity index (χ1v) is 7.67. The summed E-state index contributed by atoms with van der Waals surface area (Å²) < 4.78 is 5.26.